The second-order valence-electron chi connectivity index (χ2n) is 4.58. The van der Waals surface area contributed by atoms with Gasteiger partial charge < -0.3 is 10.1 Å². The molecule has 0 fully saturated rings. The van der Waals surface area contributed by atoms with Crippen molar-refractivity contribution in [2.45, 2.75) is 27.2 Å². The van der Waals surface area contributed by atoms with Gasteiger partial charge in [0.05, 0.1) is 0 Å². The molecule has 1 aromatic heterocycles. The molecule has 1 N–H and O–H groups in total. The fraction of sp³-hybridized carbons (Fsp3) is 0.333. The van der Waals surface area contributed by atoms with Crippen LogP contribution >= 0.6 is 0 Å². The van der Waals surface area contributed by atoms with Crippen molar-refractivity contribution in [2.75, 3.05) is 11.9 Å². The molecule has 2 aromatic rings. The molecule has 1 heterocycles. The lowest BCUT2D eigenvalue weighted by Gasteiger charge is -2.10. The fourth-order valence-corrected chi connectivity index (χ4v) is 1.73. The molecule has 0 amide bonds. The van der Waals surface area contributed by atoms with Gasteiger partial charge in [-0.05, 0) is 31.9 Å². The molecule has 106 valence electrons. The number of rotatable bonds is 5. The number of nitrogens with one attached hydrogen (secondary N) is 1. The van der Waals surface area contributed by atoms with E-state index in [0.717, 1.165) is 18.5 Å². The lowest BCUT2D eigenvalue weighted by molar-refractivity contribution is 0.452. The topological polar surface area (TPSA) is 47.0 Å². The molecular formula is C15H18FN3O. The second kappa shape index (κ2) is 6.32. The van der Waals surface area contributed by atoms with Gasteiger partial charge in [0, 0.05) is 18.7 Å². The number of nitrogens with zero attached hydrogens (tertiary/aromatic N) is 2. The summed E-state index contributed by atoms with van der Waals surface area (Å²) in [4.78, 5) is 8.49. The molecular weight excluding hydrogens is 257 g/mol. The van der Waals surface area contributed by atoms with E-state index in [0.29, 0.717) is 23.3 Å². The summed E-state index contributed by atoms with van der Waals surface area (Å²) in [5.41, 5.74) is 0.853. The Bertz CT molecular complexity index is 602. The summed E-state index contributed by atoms with van der Waals surface area (Å²) >= 11 is 0. The quantitative estimate of drug-likeness (QED) is 0.900. The van der Waals surface area contributed by atoms with Crippen molar-refractivity contribution in [2.24, 2.45) is 0 Å². The van der Waals surface area contributed by atoms with Crippen molar-refractivity contribution in [1.82, 2.24) is 9.97 Å². The summed E-state index contributed by atoms with van der Waals surface area (Å²) < 4.78 is 18.9. The molecule has 0 saturated heterocycles. The average molecular weight is 275 g/mol. The lowest BCUT2D eigenvalue weighted by atomic mass is 10.2. The average Bonchev–Trinajstić information content (AvgIpc) is 2.40. The van der Waals surface area contributed by atoms with Crippen molar-refractivity contribution in [1.29, 1.82) is 0 Å². The minimum absolute atomic E-state index is 0.333. The molecule has 20 heavy (non-hydrogen) atoms. The summed E-state index contributed by atoms with van der Waals surface area (Å²) in [5.74, 6) is 1.86. The Labute approximate surface area is 118 Å². The van der Waals surface area contributed by atoms with Crippen LogP contribution in [0.2, 0.25) is 0 Å². The Morgan fingerprint density at radius 2 is 2.00 bits per heavy atom. The van der Waals surface area contributed by atoms with Crippen LogP contribution in [0.3, 0.4) is 0 Å². The van der Waals surface area contributed by atoms with E-state index in [4.69, 9.17) is 4.74 Å². The minimum Gasteiger partial charge on any atom is -0.438 e. The number of benzene rings is 1. The van der Waals surface area contributed by atoms with Gasteiger partial charge in [0.1, 0.15) is 23.2 Å². The maximum absolute atomic E-state index is 13.2. The summed E-state index contributed by atoms with van der Waals surface area (Å²) in [6.07, 6.45) is 1.00. The van der Waals surface area contributed by atoms with E-state index in [1.165, 1.54) is 12.1 Å². The first-order valence-corrected chi connectivity index (χ1v) is 6.62. The van der Waals surface area contributed by atoms with E-state index in [1.54, 1.807) is 19.1 Å². The fourth-order valence-electron chi connectivity index (χ4n) is 1.73. The van der Waals surface area contributed by atoms with Gasteiger partial charge in [-0.1, -0.05) is 13.0 Å². The predicted molar refractivity (Wildman–Crippen MR) is 76.8 cm³/mol. The standard InChI is InChI=1S/C15H18FN3O/c1-4-7-17-14-9-15(19-11(3)18-14)20-13-8-12(16)6-5-10(13)2/h5-6,8-9H,4,7H2,1-3H3,(H,17,18,19). The third kappa shape index (κ3) is 3.66. The molecule has 0 radical (unpaired) electrons. The van der Waals surface area contributed by atoms with E-state index < -0.39 is 0 Å². The van der Waals surface area contributed by atoms with Gasteiger partial charge in [-0.3, -0.25) is 0 Å². The Kier molecular flexibility index (Phi) is 4.50. The lowest BCUT2D eigenvalue weighted by Crippen LogP contribution is -2.04. The zero-order valence-electron chi connectivity index (χ0n) is 11.9. The van der Waals surface area contributed by atoms with Crippen molar-refractivity contribution in [3.8, 4) is 11.6 Å². The molecule has 0 aliphatic heterocycles. The number of hydrogen-bond donors (Lipinski definition) is 1. The monoisotopic (exact) mass is 275 g/mol. The number of anilines is 1. The van der Waals surface area contributed by atoms with Crippen LogP contribution in [0, 0.1) is 19.7 Å². The first kappa shape index (κ1) is 14.2. The number of hydrogen-bond acceptors (Lipinski definition) is 4. The minimum atomic E-state index is -0.333. The van der Waals surface area contributed by atoms with Gasteiger partial charge in [0.2, 0.25) is 5.88 Å². The Balaban J connectivity index is 2.24. The van der Waals surface area contributed by atoms with Crippen molar-refractivity contribution >= 4 is 5.82 Å². The van der Waals surface area contributed by atoms with Crippen LogP contribution < -0.4 is 10.1 Å². The van der Waals surface area contributed by atoms with Crippen LogP contribution in [0.5, 0.6) is 11.6 Å². The maximum Gasteiger partial charge on any atom is 0.224 e. The van der Waals surface area contributed by atoms with E-state index >= 15 is 0 Å². The van der Waals surface area contributed by atoms with Gasteiger partial charge in [0.15, 0.2) is 0 Å². The van der Waals surface area contributed by atoms with Crippen molar-refractivity contribution < 1.29 is 9.13 Å². The van der Waals surface area contributed by atoms with Crippen LogP contribution in [0.25, 0.3) is 0 Å². The highest BCUT2D eigenvalue weighted by Crippen LogP contribution is 2.25. The van der Waals surface area contributed by atoms with Gasteiger partial charge >= 0.3 is 0 Å². The molecule has 0 spiro atoms. The molecule has 0 unspecified atom stereocenters. The van der Waals surface area contributed by atoms with E-state index in [9.17, 15) is 4.39 Å². The number of aromatic nitrogens is 2. The van der Waals surface area contributed by atoms with Gasteiger partial charge in [-0.2, -0.15) is 4.98 Å². The van der Waals surface area contributed by atoms with Crippen LogP contribution in [0.1, 0.15) is 24.7 Å². The van der Waals surface area contributed by atoms with Crippen molar-refractivity contribution in [3.05, 3.63) is 41.5 Å². The van der Waals surface area contributed by atoms with Gasteiger partial charge in [-0.15, -0.1) is 0 Å². The van der Waals surface area contributed by atoms with Crippen LogP contribution in [-0.2, 0) is 0 Å². The summed E-state index contributed by atoms with van der Waals surface area (Å²) in [6, 6.07) is 6.15. The zero-order valence-corrected chi connectivity index (χ0v) is 11.9. The number of halogens is 1. The Hall–Kier alpha value is -2.17. The van der Waals surface area contributed by atoms with Gasteiger partial charge in [0.25, 0.3) is 0 Å². The third-order valence-electron chi connectivity index (χ3n) is 2.74. The zero-order chi connectivity index (χ0) is 14.5. The van der Waals surface area contributed by atoms with E-state index in [1.807, 2.05) is 6.92 Å². The van der Waals surface area contributed by atoms with E-state index in [-0.39, 0.29) is 5.82 Å². The predicted octanol–water partition coefficient (Wildman–Crippen LogP) is 3.85. The molecule has 0 aliphatic carbocycles. The molecule has 0 saturated carbocycles. The van der Waals surface area contributed by atoms with Crippen molar-refractivity contribution in [3.63, 3.8) is 0 Å². The van der Waals surface area contributed by atoms with E-state index in [2.05, 4.69) is 22.2 Å². The molecule has 1 aromatic carbocycles. The SMILES string of the molecule is CCCNc1cc(Oc2cc(F)ccc2C)nc(C)n1. The molecule has 4 nitrogen and oxygen atoms in total. The molecule has 0 atom stereocenters. The Morgan fingerprint density at radius 1 is 1.20 bits per heavy atom. The first-order chi connectivity index (χ1) is 9.58. The highest BCUT2D eigenvalue weighted by molar-refractivity contribution is 5.41. The molecule has 5 heteroatoms. The summed E-state index contributed by atoms with van der Waals surface area (Å²) in [7, 11) is 0. The first-order valence-electron chi connectivity index (χ1n) is 6.62. The van der Waals surface area contributed by atoms with Gasteiger partial charge in [-0.25, -0.2) is 9.37 Å². The largest absolute Gasteiger partial charge is 0.438 e. The Morgan fingerprint density at radius 3 is 2.75 bits per heavy atom. The molecule has 0 aliphatic rings. The summed E-state index contributed by atoms with van der Waals surface area (Å²) in [5, 5.41) is 3.18. The maximum atomic E-state index is 13.2. The number of ether oxygens (including phenoxy) is 1. The molecule has 0 bridgehead atoms. The number of aryl methyl sites for hydroxylation is 2. The van der Waals surface area contributed by atoms with Crippen LogP contribution in [0.4, 0.5) is 10.2 Å². The second-order valence-corrected chi connectivity index (χ2v) is 4.58. The highest BCUT2D eigenvalue weighted by Gasteiger charge is 2.07. The van der Waals surface area contributed by atoms with Crippen LogP contribution in [-0.4, -0.2) is 16.5 Å². The summed E-state index contributed by atoms with van der Waals surface area (Å²) in [6.45, 7) is 6.56. The molecule has 2 rings (SSSR count). The third-order valence-corrected chi connectivity index (χ3v) is 2.74. The highest BCUT2D eigenvalue weighted by atomic mass is 19.1. The normalized spacial score (nSPS) is 10.4. The van der Waals surface area contributed by atoms with Crippen LogP contribution in [0.15, 0.2) is 24.3 Å². The smallest absolute Gasteiger partial charge is 0.224 e.